The minimum Gasteiger partial charge on any atom is -0.311 e. The molecule has 2 aromatic rings. The topological polar surface area (TPSA) is 30.7 Å². The summed E-state index contributed by atoms with van der Waals surface area (Å²) >= 11 is 8.15. The summed E-state index contributed by atoms with van der Waals surface area (Å²) < 4.78 is 2.17. The number of alkyl halides is 1. The number of aromatic nitrogens is 3. The van der Waals surface area contributed by atoms with Crippen LogP contribution in [0, 0.1) is 6.92 Å². The molecule has 0 saturated carbocycles. The van der Waals surface area contributed by atoms with Crippen LogP contribution in [0.1, 0.15) is 37.0 Å². The number of rotatable bonds is 5. The molecular weight excluding hydrogens is 278 g/mol. The Morgan fingerprint density at radius 2 is 2.16 bits per heavy atom. The molecule has 0 N–H and O–H groups in total. The summed E-state index contributed by atoms with van der Waals surface area (Å²) in [4.78, 5) is 9.16. The summed E-state index contributed by atoms with van der Waals surface area (Å²) in [5, 5.41) is 0.527. The Morgan fingerprint density at radius 3 is 2.79 bits per heavy atom. The highest BCUT2D eigenvalue weighted by Crippen LogP contribution is 2.26. The normalized spacial score (nSPS) is 14.8. The molecule has 104 valence electrons. The molecule has 0 aliphatic heterocycles. The molecule has 0 spiro atoms. The molecule has 2 unspecified atom stereocenters. The van der Waals surface area contributed by atoms with E-state index in [2.05, 4.69) is 34.6 Å². The zero-order chi connectivity index (χ0) is 14.0. The first-order chi connectivity index (χ1) is 9.04. The highest BCUT2D eigenvalue weighted by Gasteiger charge is 2.17. The predicted molar refractivity (Wildman–Crippen MR) is 84.1 cm³/mol. The van der Waals surface area contributed by atoms with Crippen LogP contribution in [0.15, 0.2) is 12.3 Å². The minimum absolute atomic E-state index is 0.0989. The zero-order valence-electron chi connectivity index (χ0n) is 11.9. The van der Waals surface area contributed by atoms with Crippen LogP contribution in [-0.2, 0) is 6.54 Å². The molecule has 19 heavy (non-hydrogen) atoms. The van der Waals surface area contributed by atoms with Crippen molar-refractivity contribution in [2.24, 2.45) is 0 Å². The molecule has 2 aromatic heterocycles. The number of nitrogens with zero attached hydrogens (tertiary/aromatic N) is 3. The van der Waals surface area contributed by atoms with Crippen LogP contribution in [0.5, 0.6) is 0 Å². The number of hydrogen-bond donors (Lipinski definition) is 0. The highest BCUT2D eigenvalue weighted by atomic mass is 35.5. The summed E-state index contributed by atoms with van der Waals surface area (Å²) in [6.45, 7) is 7.19. The maximum atomic E-state index is 6.26. The van der Waals surface area contributed by atoms with Crippen molar-refractivity contribution in [2.45, 2.75) is 44.4 Å². The van der Waals surface area contributed by atoms with E-state index in [1.807, 2.05) is 30.9 Å². The summed E-state index contributed by atoms with van der Waals surface area (Å²) in [6.07, 6.45) is 5.08. The van der Waals surface area contributed by atoms with E-state index in [0.29, 0.717) is 5.25 Å². The van der Waals surface area contributed by atoms with Crippen LogP contribution in [0.3, 0.4) is 0 Å². The number of fused-ring (bicyclic) bond motifs is 1. The number of pyridine rings is 1. The Kier molecular flexibility index (Phi) is 4.74. The molecule has 0 fully saturated rings. The molecular formula is C14H20ClN3S. The van der Waals surface area contributed by atoms with Gasteiger partial charge in [-0.15, -0.1) is 11.6 Å². The van der Waals surface area contributed by atoms with Crippen LogP contribution in [0.2, 0.25) is 0 Å². The van der Waals surface area contributed by atoms with E-state index >= 15 is 0 Å². The van der Waals surface area contributed by atoms with Crippen LogP contribution >= 0.6 is 23.4 Å². The Labute approximate surface area is 123 Å². The Morgan fingerprint density at radius 1 is 1.42 bits per heavy atom. The third-order valence-corrected chi connectivity index (χ3v) is 4.62. The molecule has 2 rings (SSSR count). The second-order valence-electron chi connectivity index (χ2n) is 4.87. The van der Waals surface area contributed by atoms with Gasteiger partial charge >= 0.3 is 0 Å². The average Bonchev–Trinajstić information content (AvgIpc) is 2.76. The largest absolute Gasteiger partial charge is 0.311 e. The van der Waals surface area contributed by atoms with Gasteiger partial charge in [0.15, 0.2) is 5.65 Å². The van der Waals surface area contributed by atoms with Gasteiger partial charge in [-0.1, -0.05) is 6.92 Å². The van der Waals surface area contributed by atoms with E-state index < -0.39 is 0 Å². The SMILES string of the molecule is CSC(C)CCn1c(C(C)Cl)nc2c(C)ccnc21. The van der Waals surface area contributed by atoms with Gasteiger partial charge in [0.2, 0.25) is 0 Å². The number of halogens is 1. The molecule has 2 heterocycles. The van der Waals surface area contributed by atoms with Crippen molar-refractivity contribution in [1.82, 2.24) is 14.5 Å². The first-order valence-electron chi connectivity index (χ1n) is 6.53. The van der Waals surface area contributed by atoms with E-state index in [-0.39, 0.29) is 5.38 Å². The third-order valence-electron chi connectivity index (χ3n) is 3.38. The van der Waals surface area contributed by atoms with E-state index in [1.54, 1.807) is 0 Å². The number of imidazole rings is 1. The van der Waals surface area contributed by atoms with E-state index in [1.165, 1.54) is 0 Å². The Balaban J connectivity index is 2.44. The second-order valence-corrected chi connectivity index (χ2v) is 6.80. The van der Waals surface area contributed by atoms with Gasteiger partial charge in [-0.3, -0.25) is 0 Å². The molecule has 0 bridgehead atoms. The highest BCUT2D eigenvalue weighted by molar-refractivity contribution is 7.99. The monoisotopic (exact) mass is 297 g/mol. The molecule has 0 aromatic carbocycles. The molecule has 0 amide bonds. The summed E-state index contributed by atoms with van der Waals surface area (Å²) in [5.74, 6) is 0.923. The van der Waals surface area contributed by atoms with Crippen molar-refractivity contribution in [3.8, 4) is 0 Å². The van der Waals surface area contributed by atoms with Gasteiger partial charge in [-0.2, -0.15) is 11.8 Å². The molecule has 3 nitrogen and oxygen atoms in total. The quantitative estimate of drug-likeness (QED) is 0.776. The van der Waals surface area contributed by atoms with E-state index in [0.717, 1.165) is 35.5 Å². The minimum atomic E-state index is -0.0989. The molecule has 2 atom stereocenters. The van der Waals surface area contributed by atoms with Gasteiger partial charge in [0.1, 0.15) is 11.3 Å². The van der Waals surface area contributed by atoms with Gasteiger partial charge in [0, 0.05) is 18.0 Å². The summed E-state index contributed by atoms with van der Waals surface area (Å²) in [6, 6.07) is 1.99. The number of hydrogen-bond acceptors (Lipinski definition) is 3. The summed E-state index contributed by atoms with van der Waals surface area (Å²) in [5.41, 5.74) is 3.08. The fourth-order valence-electron chi connectivity index (χ4n) is 2.11. The number of thioether (sulfide) groups is 1. The first-order valence-corrected chi connectivity index (χ1v) is 8.25. The van der Waals surface area contributed by atoms with E-state index in [9.17, 15) is 0 Å². The maximum Gasteiger partial charge on any atom is 0.160 e. The van der Waals surface area contributed by atoms with Crippen molar-refractivity contribution in [3.63, 3.8) is 0 Å². The van der Waals surface area contributed by atoms with Gasteiger partial charge in [-0.05, 0) is 38.2 Å². The number of aryl methyl sites for hydroxylation is 2. The lowest BCUT2D eigenvalue weighted by atomic mass is 10.3. The average molecular weight is 298 g/mol. The molecule has 0 aliphatic rings. The molecule has 0 aliphatic carbocycles. The lowest BCUT2D eigenvalue weighted by Crippen LogP contribution is -2.09. The molecule has 0 radical (unpaired) electrons. The van der Waals surface area contributed by atoms with Crippen LogP contribution in [0.25, 0.3) is 11.2 Å². The van der Waals surface area contributed by atoms with Crippen molar-refractivity contribution in [3.05, 3.63) is 23.7 Å². The third kappa shape index (κ3) is 3.06. The fraction of sp³-hybridized carbons (Fsp3) is 0.571. The van der Waals surface area contributed by atoms with Crippen LogP contribution in [-0.4, -0.2) is 26.0 Å². The van der Waals surface area contributed by atoms with Crippen LogP contribution in [0.4, 0.5) is 0 Å². The molecule has 0 saturated heterocycles. The second kappa shape index (κ2) is 6.14. The Hall–Kier alpha value is -0.740. The van der Waals surface area contributed by atoms with Gasteiger partial charge in [-0.25, -0.2) is 9.97 Å². The van der Waals surface area contributed by atoms with Gasteiger partial charge < -0.3 is 4.57 Å². The summed E-state index contributed by atoms with van der Waals surface area (Å²) in [7, 11) is 0. The van der Waals surface area contributed by atoms with Crippen molar-refractivity contribution < 1.29 is 0 Å². The van der Waals surface area contributed by atoms with Gasteiger partial charge in [0.05, 0.1) is 5.38 Å². The van der Waals surface area contributed by atoms with Crippen molar-refractivity contribution in [1.29, 1.82) is 0 Å². The van der Waals surface area contributed by atoms with Crippen molar-refractivity contribution in [2.75, 3.05) is 6.26 Å². The lowest BCUT2D eigenvalue weighted by Gasteiger charge is -2.12. The van der Waals surface area contributed by atoms with Crippen LogP contribution < -0.4 is 0 Å². The maximum absolute atomic E-state index is 6.26. The van der Waals surface area contributed by atoms with Gasteiger partial charge in [0.25, 0.3) is 0 Å². The lowest BCUT2D eigenvalue weighted by molar-refractivity contribution is 0.620. The molecule has 5 heteroatoms. The van der Waals surface area contributed by atoms with E-state index in [4.69, 9.17) is 11.6 Å². The predicted octanol–water partition coefficient (Wildman–Crippen LogP) is 4.18. The smallest absolute Gasteiger partial charge is 0.160 e. The zero-order valence-corrected chi connectivity index (χ0v) is 13.4. The Bertz CT molecular complexity index is 565. The van der Waals surface area contributed by atoms with Crippen molar-refractivity contribution >= 4 is 34.5 Å². The first kappa shape index (κ1) is 14.7. The standard InChI is InChI=1S/C14H20ClN3S/c1-9-5-7-16-14-12(9)17-13(11(3)15)18(14)8-6-10(2)19-4/h5,7,10-11H,6,8H2,1-4H3. The fourth-order valence-corrected chi connectivity index (χ4v) is 2.62.